The molecule has 25 heavy (non-hydrogen) atoms. The van der Waals surface area contributed by atoms with Gasteiger partial charge in [-0.3, -0.25) is 14.9 Å². The quantitative estimate of drug-likeness (QED) is 0.469. The van der Waals surface area contributed by atoms with Crippen molar-refractivity contribution < 1.29 is 19.2 Å². The van der Waals surface area contributed by atoms with E-state index in [-0.39, 0.29) is 22.7 Å². The SMILES string of the molecule is C[C@H](NC(=O)CSc1ccsc1[N+](=O)[O-])c1ccc2c(c1)OCCO2. The second kappa shape index (κ2) is 7.75. The molecule has 0 saturated carbocycles. The summed E-state index contributed by atoms with van der Waals surface area (Å²) in [5, 5.41) is 15.5. The number of nitrogens with one attached hydrogen (secondary N) is 1. The normalized spacial score (nSPS) is 14.0. The lowest BCUT2D eigenvalue weighted by atomic mass is 10.1. The highest BCUT2D eigenvalue weighted by molar-refractivity contribution is 8.00. The molecule has 7 nitrogen and oxygen atoms in total. The molecule has 0 bridgehead atoms. The van der Waals surface area contributed by atoms with Crippen LogP contribution in [-0.4, -0.2) is 29.8 Å². The number of thiophene rings is 1. The molecule has 0 saturated heterocycles. The Morgan fingerprint density at radius 3 is 2.88 bits per heavy atom. The van der Waals surface area contributed by atoms with E-state index in [0.717, 1.165) is 28.7 Å². The first-order chi connectivity index (χ1) is 12.0. The van der Waals surface area contributed by atoms with Crippen LogP contribution in [0.1, 0.15) is 18.5 Å². The minimum absolute atomic E-state index is 0.0673. The van der Waals surface area contributed by atoms with Gasteiger partial charge in [-0.25, -0.2) is 0 Å². The van der Waals surface area contributed by atoms with Gasteiger partial charge in [0.05, 0.1) is 21.6 Å². The summed E-state index contributed by atoms with van der Waals surface area (Å²) < 4.78 is 11.0. The number of rotatable bonds is 6. The maximum Gasteiger partial charge on any atom is 0.337 e. The molecule has 1 aliphatic rings. The fraction of sp³-hybridized carbons (Fsp3) is 0.312. The van der Waals surface area contributed by atoms with Crippen molar-refractivity contribution in [1.82, 2.24) is 5.32 Å². The Morgan fingerprint density at radius 2 is 2.12 bits per heavy atom. The Bertz CT molecular complexity index is 793. The van der Waals surface area contributed by atoms with E-state index in [4.69, 9.17) is 9.47 Å². The summed E-state index contributed by atoms with van der Waals surface area (Å²) in [7, 11) is 0. The largest absolute Gasteiger partial charge is 0.486 e. The lowest BCUT2D eigenvalue weighted by Crippen LogP contribution is -2.28. The molecular formula is C16H16N2O5S2. The highest BCUT2D eigenvalue weighted by Gasteiger charge is 2.19. The number of carbonyl (C=O) groups excluding carboxylic acids is 1. The molecular weight excluding hydrogens is 364 g/mol. The smallest absolute Gasteiger partial charge is 0.337 e. The third-order valence-corrected chi connectivity index (χ3v) is 5.62. The van der Waals surface area contributed by atoms with Crippen LogP contribution in [0, 0.1) is 10.1 Å². The van der Waals surface area contributed by atoms with Crippen molar-refractivity contribution in [2.45, 2.75) is 17.9 Å². The molecule has 0 unspecified atom stereocenters. The van der Waals surface area contributed by atoms with E-state index in [0.29, 0.717) is 29.6 Å². The molecule has 132 valence electrons. The minimum atomic E-state index is -0.428. The van der Waals surface area contributed by atoms with Crippen LogP contribution in [-0.2, 0) is 4.79 Å². The standard InChI is InChI=1S/C16H16N2O5S2/c1-10(11-2-3-12-13(8-11)23-6-5-22-12)17-15(19)9-25-14-4-7-24-16(14)18(20)21/h2-4,7-8,10H,5-6,9H2,1H3,(H,17,19)/t10-/m0/s1. The van der Waals surface area contributed by atoms with Crippen molar-refractivity contribution >= 4 is 34.0 Å². The van der Waals surface area contributed by atoms with Crippen LogP contribution in [0.25, 0.3) is 0 Å². The van der Waals surface area contributed by atoms with Crippen molar-refractivity contribution in [1.29, 1.82) is 0 Å². The molecule has 1 amide bonds. The van der Waals surface area contributed by atoms with Gasteiger partial charge in [-0.15, -0.1) is 11.8 Å². The first-order valence-electron chi connectivity index (χ1n) is 7.58. The maximum atomic E-state index is 12.1. The molecule has 2 heterocycles. The lowest BCUT2D eigenvalue weighted by Gasteiger charge is -2.21. The van der Waals surface area contributed by atoms with Gasteiger partial charge in [-0.2, -0.15) is 0 Å². The molecule has 0 fully saturated rings. The second-order valence-electron chi connectivity index (χ2n) is 5.33. The number of ether oxygens (including phenoxy) is 2. The van der Waals surface area contributed by atoms with E-state index in [2.05, 4.69) is 5.32 Å². The van der Waals surface area contributed by atoms with Crippen LogP contribution in [0.4, 0.5) is 5.00 Å². The first-order valence-corrected chi connectivity index (χ1v) is 9.44. The van der Waals surface area contributed by atoms with E-state index >= 15 is 0 Å². The number of nitro groups is 1. The van der Waals surface area contributed by atoms with Crippen LogP contribution < -0.4 is 14.8 Å². The number of nitrogens with zero attached hydrogens (tertiary/aromatic N) is 1. The summed E-state index contributed by atoms with van der Waals surface area (Å²) in [6.07, 6.45) is 0. The molecule has 3 rings (SSSR count). The van der Waals surface area contributed by atoms with Gasteiger partial charge in [0.15, 0.2) is 11.5 Å². The molecule has 0 spiro atoms. The van der Waals surface area contributed by atoms with E-state index < -0.39 is 4.92 Å². The minimum Gasteiger partial charge on any atom is -0.486 e. The topological polar surface area (TPSA) is 90.7 Å². The Balaban J connectivity index is 1.57. The number of hydrogen-bond acceptors (Lipinski definition) is 7. The zero-order chi connectivity index (χ0) is 17.8. The number of hydrogen-bond donors (Lipinski definition) is 1. The number of thioether (sulfide) groups is 1. The van der Waals surface area contributed by atoms with Gasteiger partial charge in [0, 0.05) is 0 Å². The predicted molar refractivity (Wildman–Crippen MR) is 95.7 cm³/mol. The molecule has 0 radical (unpaired) electrons. The zero-order valence-electron chi connectivity index (χ0n) is 13.4. The highest BCUT2D eigenvalue weighted by Crippen LogP contribution is 2.34. The van der Waals surface area contributed by atoms with Crippen molar-refractivity contribution in [2.24, 2.45) is 0 Å². The van der Waals surface area contributed by atoms with E-state index in [9.17, 15) is 14.9 Å². The average molecular weight is 380 g/mol. The summed E-state index contributed by atoms with van der Waals surface area (Å²) in [6.45, 7) is 2.92. The number of fused-ring (bicyclic) bond motifs is 1. The Morgan fingerprint density at radius 1 is 1.36 bits per heavy atom. The van der Waals surface area contributed by atoms with Crippen molar-refractivity contribution in [3.05, 3.63) is 45.3 Å². The van der Waals surface area contributed by atoms with Gasteiger partial charge >= 0.3 is 5.00 Å². The molecule has 0 aliphatic carbocycles. The van der Waals surface area contributed by atoms with Crippen LogP contribution in [0.3, 0.4) is 0 Å². The molecule has 1 N–H and O–H groups in total. The zero-order valence-corrected chi connectivity index (χ0v) is 15.0. The predicted octanol–water partition coefficient (Wildman–Crippen LogP) is 3.40. The molecule has 1 aromatic carbocycles. The van der Waals surface area contributed by atoms with Gasteiger partial charge in [-0.1, -0.05) is 17.4 Å². The second-order valence-corrected chi connectivity index (χ2v) is 7.24. The number of carbonyl (C=O) groups is 1. The van der Waals surface area contributed by atoms with Crippen LogP contribution in [0.5, 0.6) is 11.5 Å². The monoisotopic (exact) mass is 380 g/mol. The van der Waals surface area contributed by atoms with Gasteiger partial charge < -0.3 is 14.8 Å². The summed E-state index contributed by atoms with van der Waals surface area (Å²) in [5.74, 6) is 1.31. The lowest BCUT2D eigenvalue weighted by molar-refractivity contribution is -0.382. The van der Waals surface area contributed by atoms with E-state index in [1.807, 2.05) is 25.1 Å². The van der Waals surface area contributed by atoms with Gasteiger partial charge in [0.1, 0.15) is 13.2 Å². The average Bonchev–Trinajstić information content (AvgIpc) is 3.08. The summed E-state index contributed by atoms with van der Waals surface area (Å²) >= 11 is 2.22. The first kappa shape index (κ1) is 17.6. The Kier molecular flexibility index (Phi) is 5.44. The Labute approximate surface area is 152 Å². The molecule has 1 aliphatic heterocycles. The van der Waals surface area contributed by atoms with E-state index in [1.54, 1.807) is 11.4 Å². The molecule has 9 heteroatoms. The number of amides is 1. The summed E-state index contributed by atoms with van der Waals surface area (Å²) in [6, 6.07) is 7.02. The maximum absolute atomic E-state index is 12.1. The number of benzene rings is 1. The van der Waals surface area contributed by atoms with Crippen molar-refractivity contribution in [2.75, 3.05) is 19.0 Å². The van der Waals surface area contributed by atoms with Crippen LogP contribution in [0.2, 0.25) is 0 Å². The summed E-state index contributed by atoms with van der Waals surface area (Å²) in [5.41, 5.74) is 0.907. The fourth-order valence-corrected chi connectivity index (χ4v) is 4.11. The van der Waals surface area contributed by atoms with E-state index in [1.165, 1.54) is 0 Å². The summed E-state index contributed by atoms with van der Waals surface area (Å²) in [4.78, 5) is 23.1. The molecule has 2 aromatic rings. The molecule has 1 aromatic heterocycles. The van der Waals surface area contributed by atoms with Gasteiger partial charge in [0.2, 0.25) is 5.91 Å². The van der Waals surface area contributed by atoms with Gasteiger partial charge in [0.25, 0.3) is 0 Å². The third-order valence-electron chi connectivity index (χ3n) is 3.58. The van der Waals surface area contributed by atoms with Gasteiger partial charge in [-0.05, 0) is 36.1 Å². The molecule has 1 atom stereocenters. The van der Waals surface area contributed by atoms with Crippen molar-refractivity contribution in [3.8, 4) is 11.5 Å². The van der Waals surface area contributed by atoms with Crippen LogP contribution in [0.15, 0.2) is 34.5 Å². The van der Waals surface area contributed by atoms with Crippen molar-refractivity contribution in [3.63, 3.8) is 0 Å². The third kappa shape index (κ3) is 4.23. The van der Waals surface area contributed by atoms with Crippen LogP contribution >= 0.6 is 23.1 Å². The fourth-order valence-electron chi connectivity index (χ4n) is 2.37. The highest BCUT2D eigenvalue weighted by atomic mass is 32.2. The Hall–Kier alpha value is -2.26.